The molecular formula is C12H17NO3. The third-order valence-corrected chi connectivity index (χ3v) is 4.61. The number of carbonyl (C=O) groups is 2. The fourth-order valence-corrected chi connectivity index (χ4v) is 3.73. The summed E-state index contributed by atoms with van der Waals surface area (Å²) in [5.74, 6) is 0.341. The Morgan fingerprint density at radius 2 is 1.81 bits per heavy atom. The average molecular weight is 223 g/mol. The molecule has 4 fully saturated rings. The van der Waals surface area contributed by atoms with Gasteiger partial charge in [-0.05, 0) is 19.3 Å². The third-order valence-electron chi connectivity index (χ3n) is 4.61. The molecule has 3 aliphatic carbocycles. The van der Waals surface area contributed by atoms with E-state index in [0.717, 1.165) is 32.4 Å². The summed E-state index contributed by atoms with van der Waals surface area (Å²) in [6, 6.07) is 0. The molecule has 0 aromatic rings. The maximum absolute atomic E-state index is 11.5. The SMILES string of the molecule is COC(=O)C12CC(N3CCC(=O)CC3)(C1)C2. The van der Waals surface area contributed by atoms with E-state index in [4.69, 9.17) is 4.74 Å². The van der Waals surface area contributed by atoms with Gasteiger partial charge in [0.25, 0.3) is 0 Å². The van der Waals surface area contributed by atoms with Crippen molar-refractivity contribution < 1.29 is 14.3 Å². The molecule has 1 aliphatic heterocycles. The number of piperidine rings is 1. The minimum Gasteiger partial charge on any atom is -0.469 e. The standard InChI is InChI=1S/C12H17NO3/c1-16-10(15)11-6-12(7-11,8-11)13-4-2-9(14)3-5-13/h2-8H2,1H3. The summed E-state index contributed by atoms with van der Waals surface area (Å²) in [6.45, 7) is 1.77. The van der Waals surface area contributed by atoms with Crippen LogP contribution in [0.15, 0.2) is 0 Å². The molecule has 0 amide bonds. The Hall–Kier alpha value is -0.900. The Morgan fingerprint density at radius 1 is 1.25 bits per heavy atom. The van der Waals surface area contributed by atoms with Crippen molar-refractivity contribution in [2.45, 2.75) is 37.6 Å². The summed E-state index contributed by atoms with van der Waals surface area (Å²) < 4.78 is 4.83. The maximum Gasteiger partial charge on any atom is 0.312 e. The highest BCUT2D eigenvalue weighted by atomic mass is 16.5. The molecular weight excluding hydrogens is 206 g/mol. The second-order valence-electron chi connectivity index (χ2n) is 5.55. The summed E-state index contributed by atoms with van der Waals surface area (Å²) in [5, 5.41) is 0. The van der Waals surface area contributed by atoms with Crippen LogP contribution < -0.4 is 0 Å². The number of rotatable bonds is 2. The fourth-order valence-electron chi connectivity index (χ4n) is 3.73. The van der Waals surface area contributed by atoms with Crippen LogP contribution in [0.3, 0.4) is 0 Å². The number of ether oxygens (including phenoxy) is 1. The molecule has 4 heteroatoms. The fraction of sp³-hybridized carbons (Fsp3) is 0.833. The zero-order valence-corrected chi connectivity index (χ0v) is 9.62. The smallest absolute Gasteiger partial charge is 0.312 e. The predicted molar refractivity (Wildman–Crippen MR) is 56.8 cm³/mol. The first kappa shape index (κ1) is 10.3. The number of Topliss-reactive ketones (excluding diaryl/α,β-unsaturated/α-hetero) is 1. The number of nitrogens with zero attached hydrogens (tertiary/aromatic N) is 1. The van der Waals surface area contributed by atoms with Crippen LogP contribution in [0.2, 0.25) is 0 Å². The lowest BCUT2D eigenvalue weighted by molar-refractivity contribution is -0.235. The Morgan fingerprint density at radius 3 is 2.31 bits per heavy atom. The minimum atomic E-state index is -0.157. The number of methoxy groups -OCH3 is 1. The van der Waals surface area contributed by atoms with Gasteiger partial charge in [0.05, 0.1) is 12.5 Å². The highest BCUT2D eigenvalue weighted by Crippen LogP contribution is 2.70. The van der Waals surface area contributed by atoms with Crippen molar-refractivity contribution in [3.05, 3.63) is 0 Å². The number of ketones is 1. The molecule has 16 heavy (non-hydrogen) atoms. The monoisotopic (exact) mass is 223 g/mol. The van der Waals surface area contributed by atoms with Crippen LogP contribution in [-0.2, 0) is 14.3 Å². The van der Waals surface area contributed by atoms with E-state index < -0.39 is 0 Å². The molecule has 2 bridgehead atoms. The van der Waals surface area contributed by atoms with Crippen molar-refractivity contribution in [3.63, 3.8) is 0 Å². The van der Waals surface area contributed by atoms with Crippen molar-refractivity contribution in [2.24, 2.45) is 5.41 Å². The van der Waals surface area contributed by atoms with Gasteiger partial charge in [0, 0.05) is 31.5 Å². The molecule has 1 saturated heterocycles. The van der Waals surface area contributed by atoms with Gasteiger partial charge in [0.15, 0.2) is 0 Å². The van der Waals surface area contributed by atoms with Crippen LogP contribution >= 0.6 is 0 Å². The van der Waals surface area contributed by atoms with Gasteiger partial charge < -0.3 is 4.74 Å². The van der Waals surface area contributed by atoms with Crippen molar-refractivity contribution in [2.75, 3.05) is 20.2 Å². The summed E-state index contributed by atoms with van der Waals surface area (Å²) in [5.41, 5.74) is 0.0884. The van der Waals surface area contributed by atoms with Crippen LogP contribution in [0.1, 0.15) is 32.1 Å². The lowest BCUT2D eigenvalue weighted by atomic mass is 9.38. The Balaban J connectivity index is 1.61. The lowest BCUT2D eigenvalue weighted by Gasteiger charge is -2.72. The molecule has 4 nitrogen and oxygen atoms in total. The van der Waals surface area contributed by atoms with Gasteiger partial charge in [-0.1, -0.05) is 0 Å². The van der Waals surface area contributed by atoms with Crippen molar-refractivity contribution in [3.8, 4) is 0 Å². The van der Waals surface area contributed by atoms with Gasteiger partial charge in [-0.15, -0.1) is 0 Å². The summed E-state index contributed by atoms with van der Waals surface area (Å²) in [7, 11) is 1.47. The van der Waals surface area contributed by atoms with E-state index >= 15 is 0 Å². The Labute approximate surface area is 94.9 Å². The number of esters is 1. The van der Waals surface area contributed by atoms with Crippen LogP contribution in [0, 0.1) is 5.41 Å². The molecule has 0 unspecified atom stereocenters. The topological polar surface area (TPSA) is 46.6 Å². The molecule has 4 aliphatic rings. The molecule has 88 valence electrons. The minimum absolute atomic E-state index is 0.0394. The van der Waals surface area contributed by atoms with E-state index in [9.17, 15) is 9.59 Å². The highest BCUT2D eigenvalue weighted by molar-refractivity contribution is 5.82. The van der Waals surface area contributed by atoms with E-state index in [1.807, 2.05) is 0 Å². The molecule has 0 N–H and O–H groups in total. The first-order valence-electron chi connectivity index (χ1n) is 5.96. The second kappa shape index (κ2) is 3.06. The molecule has 0 aromatic carbocycles. The molecule has 3 saturated carbocycles. The van der Waals surface area contributed by atoms with Crippen LogP contribution in [0.25, 0.3) is 0 Å². The second-order valence-corrected chi connectivity index (χ2v) is 5.55. The van der Waals surface area contributed by atoms with Gasteiger partial charge in [-0.25, -0.2) is 0 Å². The number of likely N-dealkylation sites (tertiary alicyclic amines) is 1. The largest absolute Gasteiger partial charge is 0.469 e. The summed E-state index contributed by atoms with van der Waals surface area (Å²) in [6.07, 6.45) is 4.21. The Kier molecular flexibility index (Phi) is 1.97. The number of carbonyl (C=O) groups excluding carboxylic acids is 2. The van der Waals surface area contributed by atoms with Gasteiger partial charge in [-0.2, -0.15) is 0 Å². The van der Waals surface area contributed by atoms with Crippen LogP contribution in [-0.4, -0.2) is 42.4 Å². The average Bonchev–Trinajstić information content (AvgIpc) is 2.16. The normalized spacial score (nSPS) is 42.2. The van der Waals surface area contributed by atoms with E-state index in [2.05, 4.69) is 4.90 Å². The van der Waals surface area contributed by atoms with E-state index in [1.54, 1.807) is 0 Å². The molecule has 4 rings (SSSR count). The Bertz CT molecular complexity index is 334. The van der Waals surface area contributed by atoms with Gasteiger partial charge >= 0.3 is 5.97 Å². The molecule has 0 atom stereocenters. The van der Waals surface area contributed by atoms with Gasteiger partial charge in [0.1, 0.15) is 5.78 Å². The molecule has 1 heterocycles. The van der Waals surface area contributed by atoms with Crippen molar-refractivity contribution in [1.29, 1.82) is 0 Å². The number of hydrogen-bond donors (Lipinski definition) is 0. The number of hydrogen-bond acceptors (Lipinski definition) is 4. The highest BCUT2D eigenvalue weighted by Gasteiger charge is 2.74. The van der Waals surface area contributed by atoms with Crippen LogP contribution in [0.5, 0.6) is 0 Å². The molecule has 0 radical (unpaired) electrons. The maximum atomic E-state index is 11.5. The molecule has 0 spiro atoms. The van der Waals surface area contributed by atoms with E-state index in [-0.39, 0.29) is 16.9 Å². The van der Waals surface area contributed by atoms with E-state index in [1.165, 1.54) is 7.11 Å². The third kappa shape index (κ3) is 1.14. The van der Waals surface area contributed by atoms with Gasteiger partial charge in [-0.3, -0.25) is 14.5 Å². The lowest BCUT2D eigenvalue weighted by Crippen LogP contribution is -2.77. The quantitative estimate of drug-likeness (QED) is 0.648. The first-order chi connectivity index (χ1) is 7.60. The summed E-state index contributed by atoms with van der Waals surface area (Å²) >= 11 is 0. The van der Waals surface area contributed by atoms with E-state index in [0.29, 0.717) is 18.6 Å². The van der Waals surface area contributed by atoms with Crippen LogP contribution in [0.4, 0.5) is 0 Å². The zero-order chi connectivity index (χ0) is 11.4. The first-order valence-corrected chi connectivity index (χ1v) is 5.96. The van der Waals surface area contributed by atoms with Crippen molar-refractivity contribution in [1.82, 2.24) is 4.90 Å². The van der Waals surface area contributed by atoms with Crippen molar-refractivity contribution >= 4 is 11.8 Å². The van der Waals surface area contributed by atoms with Gasteiger partial charge in [0.2, 0.25) is 0 Å². The zero-order valence-electron chi connectivity index (χ0n) is 9.62. The predicted octanol–water partition coefficient (Wildman–Crippen LogP) is 0.747. The summed E-state index contributed by atoms with van der Waals surface area (Å²) in [4.78, 5) is 25.1. The molecule has 0 aromatic heterocycles.